The average Bonchev–Trinajstić information content (AvgIpc) is 2.47. The van der Waals surface area contributed by atoms with E-state index in [1.807, 2.05) is 0 Å². The summed E-state index contributed by atoms with van der Waals surface area (Å²) in [6.07, 6.45) is -4.22. The molecule has 0 saturated heterocycles. The van der Waals surface area contributed by atoms with Crippen molar-refractivity contribution in [2.24, 2.45) is 0 Å². The van der Waals surface area contributed by atoms with Gasteiger partial charge in [-0.2, -0.15) is 13.2 Å². The van der Waals surface area contributed by atoms with E-state index in [-0.39, 0.29) is 5.75 Å². The number of nitro benzene ring substituents is 1. The first-order valence-corrected chi connectivity index (χ1v) is 8.14. The number of nitro groups is 1. The van der Waals surface area contributed by atoms with Crippen LogP contribution < -0.4 is 10.0 Å². The molecule has 0 unspecified atom stereocenters. The molecular formula is C12H7ClF3N2O6P. The molecule has 1 heterocycles. The van der Waals surface area contributed by atoms with Crippen LogP contribution in [0.25, 0.3) is 0 Å². The number of halogens is 4. The molecule has 13 heteroatoms. The highest BCUT2D eigenvalue weighted by molar-refractivity contribution is 7.60. The molecule has 2 rings (SSSR count). The SMILES string of the molecule is O=[N+]([O-])c1ccc(Oc2ncc(C(F)(F)F)cc2Cl)cc1P(=O)(O)O. The average molecular weight is 399 g/mol. The summed E-state index contributed by atoms with van der Waals surface area (Å²) in [5, 5.41) is 9.38. The van der Waals surface area contributed by atoms with Gasteiger partial charge in [-0.25, -0.2) is 4.98 Å². The summed E-state index contributed by atoms with van der Waals surface area (Å²) >= 11 is 5.65. The Labute approximate surface area is 142 Å². The number of pyridine rings is 1. The molecule has 25 heavy (non-hydrogen) atoms. The summed E-state index contributed by atoms with van der Waals surface area (Å²) in [6.45, 7) is 0. The molecule has 0 fully saturated rings. The lowest BCUT2D eigenvalue weighted by Gasteiger charge is -2.11. The normalized spacial score (nSPS) is 12.1. The summed E-state index contributed by atoms with van der Waals surface area (Å²) < 4.78 is 54.0. The number of rotatable bonds is 4. The number of hydrogen-bond acceptors (Lipinski definition) is 5. The van der Waals surface area contributed by atoms with Crippen molar-refractivity contribution in [3.05, 3.63) is 51.2 Å². The minimum atomic E-state index is -5.01. The van der Waals surface area contributed by atoms with E-state index in [1.54, 1.807) is 0 Å². The quantitative estimate of drug-likeness (QED) is 0.460. The van der Waals surface area contributed by atoms with E-state index >= 15 is 0 Å². The van der Waals surface area contributed by atoms with Gasteiger partial charge in [0.25, 0.3) is 5.69 Å². The number of aromatic nitrogens is 1. The fourth-order valence-electron chi connectivity index (χ4n) is 1.72. The number of alkyl halides is 3. The monoisotopic (exact) mass is 398 g/mol. The van der Waals surface area contributed by atoms with E-state index in [0.717, 1.165) is 12.1 Å². The van der Waals surface area contributed by atoms with E-state index < -0.39 is 46.2 Å². The molecule has 0 atom stereocenters. The third-order valence-electron chi connectivity index (χ3n) is 2.81. The Morgan fingerprint density at radius 3 is 2.40 bits per heavy atom. The van der Waals surface area contributed by atoms with Gasteiger partial charge in [0, 0.05) is 18.3 Å². The van der Waals surface area contributed by atoms with Gasteiger partial charge in [-0.3, -0.25) is 14.7 Å². The molecule has 0 amide bonds. The summed E-state index contributed by atoms with van der Waals surface area (Å²) in [5.41, 5.74) is -1.96. The summed E-state index contributed by atoms with van der Waals surface area (Å²) in [5.74, 6) is -0.779. The fraction of sp³-hybridized carbons (Fsp3) is 0.0833. The molecule has 2 aromatic rings. The van der Waals surface area contributed by atoms with Crippen molar-refractivity contribution >= 4 is 30.2 Å². The van der Waals surface area contributed by atoms with Gasteiger partial charge in [0.2, 0.25) is 5.88 Å². The first-order valence-electron chi connectivity index (χ1n) is 6.14. The van der Waals surface area contributed by atoms with Gasteiger partial charge < -0.3 is 14.5 Å². The van der Waals surface area contributed by atoms with Crippen molar-refractivity contribution in [1.82, 2.24) is 4.98 Å². The maximum absolute atomic E-state index is 12.5. The van der Waals surface area contributed by atoms with E-state index in [2.05, 4.69) is 4.98 Å². The molecule has 0 radical (unpaired) electrons. The van der Waals surface area contributed by atoms with Gasteiger partial charge in [0.1, 0.15) is 16.1 Å². The molecule has 8 nitrogen and oxygen atoms in total. The van der Waals surface area contributed by atoms with E-state index in [9.17, 15) is 37.6 Å². The Morgan fingerprint density at radius 2 is 1.92 bits per heavy atom. The first-order chi connectivity index (χ1) is 11.4. The lowest BCUT2D eigenvalue weighted by Crippen LogP contribution is -2.11. The first kappa shape index (κ1) is 19.1. The standard InChI is InChI=1S/C12H7ClF3N2O6P/c13-8-3-6(12(14,15)16)5-17-11(8)24-7-1-2-9(18(19)20)10(4-7)25(21,22)23/h1-5H,(H2,21,22,23). The van der Waals surface area contributed by atoms with Crippen molar-refractivity contribution in [2.75, 3.05) is 0 Å². The highest BCUT2D eigenvalue weighted by atomic mass is 35.5. The summed E-state index contributed by atoms with van der Waals surface area (Å²) in [7, 11) is -5.01. The highest BCUT2D eigenvalue weighted by Gasteiger charge is 2.32. The van der Waals surface area contributed by atoms with E-state index in [4.69, 9.17) is 16.3 Å². The second-order valence-corrected chi connectivity index (χ2v) is 6.54. The van der Waals surface area contributed by atoms with Gasteiger partial charge in [0.05, 0.1) is 10.5 Å². The molecule has 2 N–H and O–H groups in total. The largest absolute Gasteiger partial charge is 0.438 e. The van der Waals surface area contributed by atoms with Crippen molar-refractivity contribution < 1.29 is 37.2 Å². The molecule has 0 bridgehead atoms. The van der Waals surface area contributed by atoms with Gasteiger partial charge >= 0.3 is 13.8 Å². The van der Waals surface area contributed by atoms with Crippen LogP contribution in [0.15, 0.2) is 30.5 Å². The maximum atomic E-state index is 12.5. The Kier molecular flexibility index (Phi) is 5.05. The second kappa shape index (κ2) is 6.60. The molecule has 1 aromatic carbocycles. The van der Waals surface area contributed by atoms with Crippen molar-refractivity contribution in [3.8, 4) is 11.6 Å². The van der Waals surface area contributed by atoms with Crippen LogP contribution in [0.4, 0.5) is 18.9 Å². The zero-order valence-corrected chi connectivity index (χ0v) is 13.4. The smallest absolute Gasteiger partial charge is 0.417 e. The van der Waals surface area contributed by atoms with Crippen LogP contribution in [0.1, 0.15) is 5.56 Å². The Bertz CT molecular complexity index is 886. The number of ether oxygens (including phenoxy) is 1. The minimum absolute atomic E-state index is 0.307. The molecule has 1 aromatic heterocycles. The number of benzene rings is 1. The zero-order chi connectivity index (χ0) is 19.0. The predicted octanol–water partition coefficient (Wildman–Crippen LogP) is 3.26. The van der Waals surface area contributed by atoms with Crippen LogP contribution in [-0.2, 0) is 10.7 Å². The van der Waals surface area contributed by atoms with Gasteiger partial charge in [-0.15, -0.1) is 0 Å². The Hall–Kier alpha value is -2.20. The van der Waals surface area contributed by atoms with Gasteiger partial charge in [-0.1, -0.05) is 11.6 Å². The van der Waals surface area contributed by atoms with Crippen LogP contribution in [0, 0.1) is 10.1 Å². The van der Waals surface area contributed by atoms with Crippen LogP contribution in [-0.4, -0.2) is 19.7 Å². The highest BCUT2D eigenvalue weighted by Crippen LogP contribution is 2.40. The van der Waals surface area contributed by atoms with Crippen LogP contribution in [0.5, 0.6) is 11.6 Å². The van der Waals surface area contributed by atoms with Gasteiger partial charge in [0.15, 0.2) is 0 Å². The molecule has 0 saturated carbocycles. The molecule has 134 valence electrons. The van der Waals surface area contributed by atoms with Crippen molar-refractivity contribution in [3.63, 3.8) is 0 Å². The number of nitrogens with zero attached hydrogens (tertiary/aromatic N) is 2. The van der Waals surface area contributed by atoms with Crippen molar-refractivity contribution in [2.45, 2.75) is 6.18 Å². The van der Waals surface area contributed by atoms with Crippen LogP contribution in [0.2, 0.25) is 5.02 Å². The fourth-order valence-corrected chi connectivity index (χ4v) is 2.68. The summed E-state index contributed by atoms with van der Waals surface area (Å²) in [4.78, 5) is 31.5. The molecule has 0 aliphatic heterocycles. The van der Waals surface area contributed by atoms with E-state index in [0.29, 0.717) is 18.3 Å². The molecular weight excluding hydrogens is 392 g/mol. The predicted molar refractivity (Wildman–Crippen MR) is 79.1 cm³/mol. The Morgan fingerprint density at radius 1 is 1.28 bits per heavy atom. The second-order valence-electron chi connectivity index (χ2n) is 4.56. The topological polar surface area (TPSA) is 123 Å². The maximum Gasteiger partial charge on any atom is 0.417 e. The van der Waals surface area contributed by atoms with Gasteiger partial charge in [-0.05, 0) is 12.1 Å². The molecule has 0 aliphatic carbocycles. The van der Waals surface area contributed by atoms with E-state index in [1.165, 1.54) is 0 Å². The molecule has 0 aliphatic rings. The lowest BCUT2D eigenvalue weighted by atomic mass is 10.3. The summed E-state index contributed by atoms with van der Waals surface area (Å²) in [6, 6.07) is 3.02. The minimum Gasteiger partial charge on any atom is -0.438 e. The van der Waals surface area contributed by atoms with Crippen molar-refractivity contribution in [1.29, 1.82) is 0 Å². The zero-order valence-electron chi connectivity index (χ0n) is 11.8. The third-order valence-corrected chi connectivity index (χ3v) is 4.06. The van der Waals surface area contributed by atoms with Crippen LogP contribution >= 0.6 is 19.2 Å². The third kappa shape index (κ3) is 4.45. The number of hydrogen-bond donors (Lipinski definition) is 2. The van der Waals surface area contributed by atoms with Crippen LogP contribution in [0.3, 0.4) is 0 Å². The Balaban J connectivity index is 2.42. The molecule has 0 spiro atoms. The lowest BCUT2D eigenvalue weighted by molar-refractivity contribution is -0.383.